The van der Waals surface area contributed by atoms with E-state index >= 15 is 0 Å². The predicted molar refractivity (Wildman–Crippen MR) is 85.4 cm³/mol. The van der Waals surface area contributed by atoms with Gasteiger partial charge in [-0.15, -0.1) is 0 Å². The van der Waals surface area contributed by atoms with Crippen molar-refractivity contribution in [3.63, 3.8) is 0 Å². The molecule has 25 heavy (non-hydrogen) atoms. The fourth-order valence-corrected chi connectivity index (χ4v) is 2.44. The maximum atomic E-state index is 12.8. The van der Waals surface area contributed by atoms with Gasteiger partial charge in [-0.1, -0.05) is 23.7 Å². The number of imidazole rings is 1. The number of H-pyrrole nitrogens is 1. The van der Waals surface area contributed by atoms with Crippen LogP contribution in [0.2, 0.25) is 5.02 Å². The maximum absolute atomic E-state index is 12.8. The molecule has 10 heteroatoms. The molecule has 2 N–H and O–H groups in total. The third kappa shape index (κ3) is 3.66. The van der Waals surface area contributed by atoms with Gasteiger partial charge in [0.15, 0.2) is 0 Å². The number of para-hydroxylation sites is 2. The molecular weight excluding hydrogens is 361 g/mol. The summed E-state index contributed by atoms with van der Waals surface area (Å²) in [7, 11) is 0. The number of carbonyl (C=O) groups excluding carboxylic acids is 1. The quantitative estimate of drug-likeness (QED) is 0.743. The van der Waals surface area contributed by atoms with E-state index in [0.29, 0.717) is 27.9 Å². The Balaban J connectivity index is 1.83. The molecule has 0 aliphatic rings. The van der Waals surface area contributed by atoms with E-state index in [-0.39, 0.29) is 5.95 Å². The summed E-state index contributed by atoms with van der Waals surface area (Å²) in [5.41, 5.74) is -0.725. The molecule has 0 bridgehead atoms. The molecule has 1 amide bonds. The van der Waals surface area contributed by atoms with E-state index in [1.165, 1.54) is 0 Å². The number of amides is 1. The molecule has 0 fully saturated rings. The van der Waals surface area contributed by atoms with Gasteiger partial charge in [0.25, 0.3) is 5.56 Å². The fourth-order valence-electron chi connectivity index (χ4n) is 2.21. The number of hydrogen-bond donors (Lipinski definition) is 2. The summed E-state index contributed by atoms with van der Waals surface area (Å²) in [6.45, 7) is -0.639. The Kier molecular flexibility index (Phi) is 4.25. The number of aromatic nitrogens is 3. The van der Waals surface area contributed by atoms with Crippen LogP contribution in [0, 0.1) is 0 Å². The molecule has 0 saturated carbocycles. The monoisotopic (exact) mass is 370 g/mol. The minimum atomic E-state index is -4.69. The summed E-state index contributed by atoms with van der Waals surface area (Å²) >= 11 is 5.54. The lowest BCUT2D eigenvalue weighted by molar-refractivity contribution is -0.138. The van der Waals surface area contributed by atoms with Gasteiger partial charge in [-0.25, -0.2) is 4.98 Å². The van der Waals surface area contributed by atoms with Crippen LogP contribution in [0.3, 0.4) is 0 Å². The zero-order valence-electron chi connectivity index (χ0n) is 12.4. The van der Waals surface area contributed by atoms with Gasteiger partial charge in [0, 0.05) is 6.20 Å². The number of hydrogen-bond acceptors (Lipinski definition) is 3. The number of nitrogens with one attached hydrogen (secondary N) is 2. The lowest BCUT2D eigenvalue weighted by Crippen LogP contribution is -2.29. The molecule has 3 rings (SSSR count). The third-order valence-electron chi connectivity index (χ3n) is 3.33. The highest BCUT2D eigenvalue weighted by molar-refractivity contribution is 6.30. The van der Waals surface area contributed by atoms with Crippen molar-refractivity contribution in [2.45, 2.75) is 12.7 Å². The van der Waals surface area contributed by atoms with Crippen molar-refractivity contribution in [2.24, 2.45) is 0 Å². The van der Waals surface area contributed by atoms with Crippen LogP contribution in [0.25, 0.3) is 11.0 Å². The van der Waals surface area contributed by atoms with Crippen LogP contribution in [0.5, 0.6) is 0 Å². The molecule has 130 valence electrons. The molecular formula is C15H10ClF3N4O2. The van der Waals surface area contributed by atoms with Gasteiger partial charge in [0.1, 0.15) is 11.6 Å². The number of alkyl halides is 3. The molecule has 2 heterocycles. The highest BCUT2D eigenvalue weighted by Crippen LogP contribution is 2.29. The molecule has 2 aromatic heterocycles. The second kappa shape index (κ2) is 6.25. The minimum absolute atomic E-state index is 0.123. The van der Waals surface area contributed by atoms with Gasteiger partial charge in [0.2, 0.25) is 11.9 Å². The largest absolute Gasteiger partial charge is 0.417 e. The minimum Gasteiger partial charge on any atom is -0.324 e. The molecule has 0 saturated heterocycles. The van der Waals surface area contributed by atoms with E-state index in [1.807, 2.05) is 0 Å². The average Bonchev–Trinajstić information content (AvgIpc) is 2.92. The summed E-state index contributed by atoms with van der Waals surface area (Å²) < 4.78 is 39.0. The van der Waals surface area contributed by atoms with Crippen LogP contribution in [0.4, 0.5) is 19.1 Å². The van der Waals surface area contributed by atoms with Crippen molar-refractivity contribution in [1.29, 1.82) is 0 Å². The Morgan fingerprint density at radius 1 is 1.32 bits per heavy atom. The van der Waals surface area contributed by atoms with Crippen LogP contribution in [-0.2, 0) is 17.5 Å². The van der Waals surface area contributed by atoms with Gasteiger partial charge in [0.05, 0.1) is 16.6 Å². The predicted octanol–water partition coefficient (Wildman–Crippen LogP) is 3.04. The Morgan fingerprint density at radius 2 is 2.04 bits per heavy atom. The zero-order valence-corrected chi connectivity index (χ0v) is 13.1. The van der Waals surface area contributed by atoms with Crippen LogP contribution >= 0.6 is 11.6 Å². The van der Waals surface area contributed by atoms with Gasteiger partial charge >= 0.3 is 6.18 Å². The number of pyridine rings is 1. The van der Waals surface area contributed by atoms with Crippen molar-refractivity contribution in [2.75, 3.05) is 5.32 Å². The number of nitrogens with zero attached hydrogens (tertiary/aromatic N) is 2. The first-order valence-electron chi connectivity index (χ1n) is 6.96. The van der Waals surface area contributed by atoms with Crippen molar-refractivity contribution in [1.82, 2.24) is 14.5 Å². The molecule has 1 aromatic carbocycles. The SMILES string of the molecule is O=C(Cn1cc(C(F)(F)F)cc(Cl)c1=O)Nc1nc2ccccc2[nH]1. The van der Waals surface area contributed by atoms with Crippen LogP contribution in [0.15, 0.2) is 41.3 Å². The van der Waals surface area contributed by atoms with Gasteiger partial charge in [-0.05, 0) is 18.2 Å². The Bertz CT molecular complexity index is 977. The van der Waals surface area contributed by atoms with Crippen LogP contribution < -0.4 is 10.9 Å². The van der Waals surface area contributed by atoms with E-state index < -0.39 is 34.8 Å². The van der Waals surface area contributed by atoms with E-state index in [1.54, 1.807) is 24.3 Å². The Labute approximate surface area is 143 Å². The van der Waals surface area contributed by atoms with Gasteiger partial charge < -0.3 is 9.55 Å². The second-order valence-corrected chi connectivity index (χ2v) is 5.57. The van der Waals surface area contributed by atoms with Crippen molar-refractivity contribution in [3.05, 3.63) is 57.5 Å². The molecule has 0 atom stereocenters. The number of carbonyl (C=O) groups is 1. The first-order valence-corrected chi connectivity index (χ1v) is 7.33. The van der Waals surface area contributed by atoms with E-state index in [4.69, 9.17) is 11.6 Å². The standard InChI is InChI=1S/C15H10ClF3N4O2/c16-9-5-8(15(17,18)19)6-23(13(9)25)7-12(24)22-14-20-10-3-1-2-4-11(10)21-14/h1-6H,7H2,(H2,20,21,22,24). The number of rotatable bonds is 3. The molecule has 0 aliphatic carbocycles. The topological polar surface area (TPSA) is 79.8 Å². The summed E-state index contributed by atoms with van der Waals surface area (Å²) in [4.78, 5) is 30.8. The highest BCUT2D eigenvalue weighted by atomic mass is 35.5. The van der Waals surface area contributed by atoms with Crippen molar-refractivity contribution in [3.8, 4) is 0 Å². The first kappa shape index (κ1) is 17.0. The number of aromatic amines is 1. The number of benzene rings is 1. The van der Waals surface area contributed by atoms with Gasteiger partial charge in [-0.2, -0.15) is 13.2 Å². The van der Waals surface area contributed by atoms with Crippen molar-refractivity contribution < 1.29 is 18.0 Å². The average molecular weight is 371 g/mol. The van der Waals surface area contributed by atoms with E-state index in [2.05, 4.69) is 15.3 Å². The Morgan fingerprint density at radius 3 is 2.72 bits per heavy atom. The van der Waals surface area contributed by atoms with Crippen LogP contribution in [0.1, 0.15) is 5.56 Å². The smallest absolute Gasteiger partial charge is 0.324 e. The molecule has 0 spiro atoms. The fraction of sp³-hybridized carbons (Fsp3) is 0.133. The van der Waals surface area contributed by atoms with E-state index in [9.17, 15) is 22.8 Å². The lowest BCUT2D eigenvalue weighted by Gasteiger charge is -2.11. The Hall–Kier alpha value is -2.81. The maximum Gasteiger partial charge on any atom is 0.417 e. The van der Waals surface area contributed by atoms with Gasteiger partial charge in [-0.3, -0.25) is 14.9 Å². The second-order valence-electron chi connectivity index (χ2n) is 5.16. The van der Waals surface area contributed by atoms with Crippen LogP contribution in [-0.4, -0.2) is 20.4 Å². The molecule has 3 aromatic rings. The number of fused-ring (bicyclic) bond motifs is 1. The molecule has 6 nitrogen and oxygen atoms in total. The molecule has 0 radical (unpaired) electrons. The first-order chi connectivity index (χ1) is 11.7. The number of halogens is 4. The highest BCUT2D eigenvalue weighted by Gasteiger charge is 2.32. The summed E-state index contributed by atoms with van der Waals surface area (Å²) in [5.74, 6) is -0.603. The lowest BCUT2D eigenvalue weighted by atomic mass is 10.2. The molecule has 0 unspecified atom stereocenters. The van der Waals surface area contributed by atoms with E-state index in [0.717, 1.165) is 0 Å². The summed E-state index contributed by atoms with van der Waals surface area (Å²) in [6.07, 6.45) is -4.14. The third-order valence-corrected chi connectivity index (χ3v) is 3.60. The molecule has 0 aliphatic heterocycles. The zero-order chi connectivity index (χ0) is 18.2. The normalized spacial score (nSPS) is 11.7. The number of anilines is 1. The summed E-state index contributed by atoms with van der Waals surface area (Å²) in [5, 5.41) is 1.78. The summed E-state index contributed by atoms with van der Waals surface area (Å²) in [6, 6.07) is 7.53. The van der Waals surface area contributed by atoms with Crippen molar-refractivity contribution >= 4 is 34.5 Å².